The average molecular weight is 226 g/mol. The van der Waals surface area contributed by atoms with Gasteiger partial charge in [-0.1, -0.05) is 13.8 Å². The van der Waals surface area contributed by atoms with Gasteiger partial charge < -0.3 is 20.5 Å². The van der Waals surface area contributed by atoms with Crippen molar-refractivity contribution in [2.45, 2.75) is 31.7 Å². The first kappa shape index (κ1) is 13.2. The first-order valence-electron chi connectivity index (χ1n) is 5.69. The largest absolute Gasteiger partial charge is 0.396 e. The molecule has 0 radical (unpaired) electrons. The number of aromatic amines is 1. The van der Waals surface area contributed by atoms with Crippen molar-refractivity contribution in [1.29, 1.82) is 0 Å². The first-order valence-corrected chi connectivity index (χ1v) is 5.69. The van der Waals surface area contributed by atoms with Crippen LogP contribution in [0.25, 0.3) is 0 Å². The van der Waals surface area contributed by atoms with Crippen molar-refractivity contribution in [2.75, 3.05) is 19.8 Å². The van der Waals surface area contributed by atoms with Crippen LogP contribution in [0.5, 0.6) is 0 Å². The van der Waals surface area contributed by atoms with Gasteiger partial charge in [0.25, 0.3) is 0 Å². The Balaban J connectivity index is 2.47. The standard InChI is InChI=1S/C12H22N2O2/c1-12(2,11-4-3-6-13-11)9-14-10(8-16)5-7-15/h3-4,6,10,13-16H,5,7-9H2,1-2H3. The van der Waals surface area contributed by atoms with Crippen LogP contribution in [0, 0.1) is 0 Å². The van der Waals surface area contributed by atoms with E-state index in [1.165, 1.54) is 5.69 Å². The van der Waals surface area contributed by atoms with Crippen molar-refractivity contribution >= 4 is 0 Å². The Hall–Kier alpha value is -0.840. The molecule has 0 aromatic carbocycles. The van der Waals surface area contributed by atoms with Crippen molar-refractivity contribution in [3.63, 3.8) is 0 Å². The van der Waals surface area contributed by atoms with Crippen LogP contribution in [-0.2, 0) is 5.41 Å². The predicted octanol–water partition coefficient (Wildman–Crippen LogP) is 0.625. The number of aliphatic hydroxyl groups excluding tert-OH is 2. The Bertz CT molecular complexity index is 283. The summed E-state index contributed by atoms with van der Waals surface area (Å²) in [5.41, 5.74) is 1.16. The third-order valence-electron chi connectivity index (χ3n) is 2.86. The highest BCUT2D eigenvalue weighted by molar-refractivity contribution is 5.15. The molecule has 0 fully saturated rings. The van der Waals surface area contributed by atoms with Gasteiger partial charge in [0.2, 0.25) is 0 Å². The van der Waals surface area contributed by atoms with Crippen LogP contribution in [0.4, 0.5) is 0 Å². The number of aliphatic hydroxyl groups is 2. The molecule has 1 rings (SSSR count). The Labute approximate surface area is 96.7 Å². The van der Waals surface area contributed by atoms with E-state index in [2.05, 4.69) is 30.2 Å². The SMILES string of the molecule is CC(C)(CNC(CO)CCO)c1ccc[nH]1. The normalized spacial score (nSPS) is 14.0. The van der Waals surface area contributed by atoms with Gasteiger partial charge in [0, 0.05) is 36.5 Å². The van der Waals surface area contributed by atoms with Gasteiger partial charge in [0.05, 0.1) is 6.61 Å². The molecule has 0 aliphatic rings. The maximum absolute atomic E-state index is 9.10. The van der Waals surface area contributed by atoms with Crippen LogP contribution < -0.4 is 5.32 Å². The molecular weight excluding hydrogens is 204 g/mol. The molecular formula is C12H22N2O2. The van der Waals surface area contributed by atoms with E-state index in [0.29, 0.717) is 6.42 Å². The maximum atomic E-state index is 9.10. The van der Waals surface area contributed by atoms with Gasteiger partial charge in [-0.05, 0) is 18.6 Å². The van der Waals surface area contributed by atoms with E-state index in [9.17, 15) is 0 Å². The van der Waals surface area contributed by atoms with E-state index in [1.807, 2.05) is 12.3 Å². The van der Waals surface area contributed by atoms with Gasteiger partial charge in [-0.15, -0.1) is 0 Å². The van der Waals surface area contributed by atoms with E-state index >= 15 is 0 Å². The molecule has 4 N–H and O–H groups in total. The summed E-state index contributed by atoms with van der Waals surface area (Å²) in [7, 11) is 0. The van der Waals surface area contributed by atoms with Gasteiger partial charge in [0.1, 0.15) is 0 Å². The molecule has 0 saturated carbocycles. The van der Waals surface area contributed by atoms with Crippen molar-refractivity contribution in [3.05, 3.63) is 24.0 Å². The quantitative estimate of drug-likeness (QED) is 0.551. The molecule has 1 aromatic heterocycles. The van der Waals surface area contributed by atoms with Gasteiger partial charge in [-0.2, -0.15) is 0 Å². The Morgan fingerprint density at radius 1 is 1.44 bits per heavy atom. The average Bonchev–Trinajstić information content (AvgIpc) is 2.78. The highest BCUT2D eigenvalue weighted by Gasteiger charge is 2.22. The summed E-state index contributed by atoms with van der Waals surface area (Å²) < 4.78 is 0. The van der Waals surface area contributed by atoms with Crippen LogP contribution in [0.15, 0.2) is 18.3 Å². The van der Waals surface area contributed by atoms with Crippen LogP contribution in [0.1, 0.15) is 26.0 Å². The molecule has 0 aliphatic heterocycles. The lowest BCUT2D eigenvalue weighted by Crippen LogP contribution is -2.41. The third kappa shape index (κ3) is 3.63. The van der Waals surface area contributed by atoms with E-state index in [1.54, 1.807) is 0 Å². The lowest BCUT2D eigenvalue weighted by Gasteiger charge is -2.27. The highest BCUT2D eigenvalue weighted by atomic mass is 16.3. The van der Waals surface area contributed by atoms with E-state index in [-0.39, 0.29) is 24.7 Å². The van der Waals surface area contributed by atoms with Gasteiger partial charge in [-0.3, -0.25) is 0 Å². The molecule has 0 saturated heterocycles. The number of rotatable bonds is 7. The molecule has 92 valence electrons. The molecule has 1 unspecified atom stereocenters. The van der Waals surface area contributed by atoms with Gasteiger partial charge in [-0.25, -0.2) is 0 Å². The smallest absolute Gasteiger partial charge is 0.0585 e. The summed E-state index contributed by atoms with van der Waals surface area (Å²) in [6.07, 6.45) is 2.49. The van der Waals surface area contributed by atoms with Crippen LogP contribution in [0.2, 0.25) is 0 Å². The molecule has 4 heteroatoms. The van der Waals surface area contributed by atoms with Crippen molar-refractivity contribution in [1.82, 2.24) is 10.3 Å². The van der Waals surface area contributed by atoms with E-state index < -0.39 is 0 Å². The number of aromatic nitrogens is 1. The number of hydrogen-bond acceptors (Lipinski definition) is 3. The minimum absolute atomic E-state index is 0.00756. The lowest BCUT2D eigenvalue weighted by atomic mass is 9.89. The Morgan fingerprint density at radius 3 is 2.69 bits per heavy atom. The van der Waals surface area contributed by atoms with Crippen LogP contribution in [0.3, 0.4) is 0 Å². The topological polar surface area (TPSA) is 68.3 Å². The summed E-state index contributed by atoms with van der Waals surface area (Å²) in [4.78, 5) is 3.20. The molecule has 16 heavy (non-hydrogen) atoms. The van der Waals surface area contributed by atoms with Gasteiger partial charge in [0.15, 0.2) is 0 Å². The number of hydrogen-bond donors (Lipinski definition) is 4. The van der Waals surface area contributed by atoms with Crippen molar-refractivity contribution < 1.29 is 10.2 Å². The highest BCUT2D eigenvalue weighted by Crippen LogP contribution is 2.20. The second-order valence-electron chi connectivity index (χ2n) is 4.74. The predicted molar refractivity (Wildman–Crippen MR) is 64.4 cm³/mol. The zero-order chi connectivity index (χ0) is 12.0. The zero-order valence-electron chi connectivity index (χ0n) is 10.0. The second kappa shape index (κ2) is 6.03. The Morgan fingerprint density at radius 2 is 2.19 bits per heavy atom. The molecule has 1 aromatic rings. The molecule has 4 nitrogen and oxygen atoms in total. The molecule has 0 spiro atoms. The van der Waals surface area contributed by atoms with E-state index in [4.69, 9.17) is 10.2 Å². The monoisotopic (exact) mass is 226 g/mol. The summed E-state index contributed by atoms with van der Waals surface area (Å²) >= 11 is 0. The van der Waals surface area contributed by atoms with Gasteiger partial charge >= 0.3 is 0 Å². The number of nitrogens with one attached hydrogen (secondary N) is 2. The summed E-state index contributed by atoms with van der Waals surface area (Å²) in [5.74, 6) is 0. The van der Waals surface area contributed by atoms with E-state index in [0.717, 1.165) is 6.54 Å². The summed E-state index contributed by atoms with van der Waals surface area (Å²) in [6.45, 7) is 5.19. The summed E-state index contributed by atoms with van der Waals surface area (Å²) in [6, 6.07) is 4.01. The molecule has 1 heterocycles. The Kier molecular flexibility index (Phi) is 4.99. The fraction of sp³-hybridized carbons (Fsp3) is 0.667. The molecule has 0 bridgehead atoms. The third-order valence-corrected chi connectivity index (χ3v) is 2.86. The summed E-state index contributed by atoms with van der Waals surface area (Å²) in [5, 5.41) is 21.2. The molecule has 0 aliphatic carbocycles. The zero-order valence-corrected chi connectivity index (χ0v) is 10.0. The molecule has 1 atom stereocenters. The first-order chi connectivity index (χ1) is 7.60. The fourth-order valence-electron chi connectivity index (χ4n) is 1.66. The number of H-pyrrole nitrogens is 1. The fourth-order valence-corrected chi connectivity index (χ4v) is 1.66. The maximum Gasteiger partial charge on any atom is 0.0585 e. The van der Waals surface area contributed by atoms with Crippen molar-refractivity contribution in [2.24, 2.45) is 0 Å². The molecule has 0 amide bonds. The van der Waals surface area contributed by atoms with Crippen LogP contribution in [-0.4, -0.2) is 41.0 Å². The minimum atomic E-state index is -0.0285. The second-order valence-corrected chi connectivity index (χ2v) is 4.74. The lowest BCUT2D eigenvalue weighted by molar-refractivity contribution is 0.195. The van der Waals surface area contributed by atoms with Crippen molar-refractivity contribution in [3.8, 4) is 0 Å². The minimum Gasteiger partial charge on any atom is -0.396 e. The van der Waals surface area contributed by atoms with Crippen LogP contribution >= 0.6 is 0 Å².